The van der Waals surface area contributed by atoms with Crippen LogP contribution in [0.1, 0.15) is 0 Å². The first-order valence-corrected chi connectivity index (χ1v) is 5.33. The molecule has 0 fully saturated rings. The van der Waals surface area contributed by atoms with Crippen LogP contribution in [0.4, 0.5) is 0 Å². The fraction of sp³-hybridized carbons (Fsp3) is 0. The number of para-hydroxylation sites is 1. The van der Waals surface area contributed by atoms with Crippen LogP contribution in [0.2, 0.25) is 0 Å². The Morgan fingerprint density at radius 3 is 2.50 bits per heavy atom. The quantitative estimate of drug-likeness (QED) is 0.709. The van der Waals surface area contributed by atoms with Gasteiger partial charge in [0.25, 0.3) is 0 Å². The smallest absolute Gasteiger partial charge is 0.219 e. The zero-order chi connectivity index (χ0) is 12.4. The minimum Gasteiger partial charge on any atom is -0.507 e. The molecule has 2 N–H and O–H groups in total. The minimum absolute atomic E-state index is 0.147. The topological polar surface area (TPSA) is 87.6 Å². The molecule has 0 saturated carbocycles. The van der Waals surface area contributed by atoms with Gasteiger partial charge in [-0.1, -0.05) is 12.1 Å². The zero-order valence-electron chi connectivity index (χ0n) is 9.28. The highest BCUT2D eigenvalue weighted by atomic mass is 16.3. The summed E-state index contributed by atoms with van der Waals surface area (Å²) >= 11 is 0. The Balaban J connectivity index is 2.03. The number of phenols is 1. The van der Waals surface area contributed by atoms with Crippen LogP contribution < -0.4 is 0 Å². The van der Waals surface area contributed by atoms with Crippen molar-refractivity contribution in [1.82, 2.24) is 25.1 Å². The normalized spacial score (nSPS) is 10.4. The fourth-order valence-electron chi connectivity index (χ4n) is 1.57. The van der Waals surface area contributed by atoms with Crippen molar-refractivity contribution < 1.29 is 5.11 Å². The molecule has 0 aliphatic rings. The first kappa shape index (κ1) is 10.4. The van der Waals surface area contributed by atoms with Crippen molar-refractivity contribution in [2.45, 2.75) is 0 Å². The highest BCUT2D eigenvalue weighted by Crippen LogP contribution is 2.26. The van der Waals surface area contributed by atoms with Gasteiger partial charge in [0.1, 0.15) is 5.75 Å². The SMILES string of the molecule is Oc1ccccc1-c1nc(-c2ncccn2)n[nH]1. The maximum absolute atomic E-state index is 9.72. The van der Waals surface area contributed by atoms with Crippen LogP contribution >= 0.6 is 0 Å². The molecule has 1 aromatic carbocycles. The van der Waals surface area contributed by atoms with Gasteiger partial charge in [-0.2, -0.15) is 0 Å². The van der Waals surface area contributed by atoms with Gasteiger partial charge in [-0.25, -0.2) is 15.0 Å². The van der Waals surface area contributed by atoms with Gasteiger partial charge in [0, 0.05) is 12.4 Å². The van der Waals surface area contributed by atoms with E-state index in [0.717, 1.165) is 0 Å². The van der Waals surface area contributed by atoms with Crippen LogP contribution in [0.5, 0.6) is 5.75 Å². The van der Waals surface area contributed by atoms with E-state index in [-0.39, 0.29) is 5.75 Å². The van der Waals surface area contributed by atoms with Gasteiger partial charge >= 0.3 is 0 Å². The van der Waals surface area contributed by atoms with Crippen LogP contribution in [-0.4, -0.2) is 30.3 Å². The molecule has 3 aromatic rings. The van der Waals surface area contributed by atoms with Crippen LogP contribution in [-0.2, 0) is 0 Å². The second-order valence-electron chi connectivity index (χ2n) is 3.60. The third-order valence-electron chi connectivity index (χ3n) is 2.41. The second-order valence-corrected chi connectivity index (χ2v) is 3.60. The molecule has 6 nitrogen and oxygen atoms in total. The maximum atomic E-state index is 9.72. The number of nitrogens with zero attached hydrogens (tertiary/aromatic N) is 4. The van der Waals surface area contributed by atoms with E-state index in [1.165, 1.54) is 0 Å². The van der Waals surface area contributed by atoms with E-state index in [1.54, 1.807) is 36.7 Å². The minimum atomic E-state index is 0.147. The number of aromatic nitrogens is 5. The first-order valence-electron chi connectivity index (χ1n) is 5.33. The lowest BCUT2D eigenvalue weighted by atomic mass is 10.2. The Labute approximate surface area is 102 Å². The number of phenolic OH excluding ortho intramolecular Hbond substituents is 1. The Hall–Kier alpha value is -2.76. The molecule has 0 unspecified atom stereocenters. The molecule has 0 spiro atoms. The average molecular weight is 239 g/mol. The van der Waals surface area contributed by atoms with E-state index in [1.807, 2.05) is 6.07 Å². The molecule has 0 atom stereocenters. The number of hydrogen-bond acceptors (Lipinski definition) is 5. The molecule has 0 aliphatic carbocycles. The number of H-pyrrole nitrogens is 1. The number of aromatic hydroxyl groups is 1. The van der Waals surface area contributed by atoms with Crippen LogP contribution in [0.3, 0.4) is 0 Å². The largest absolute Gasteiger partial charge is 0.507 e. The maximum Gasteiger partial charge on any atom is 0.219 e. The van der Waals surface area contributed by atoms with E-state index >= 15 is 0 Å². The summed E-state index contributed by atoms with van der Waals surface area (Å²) in [7, 11) is 0. The fourth-order valence-corrected chi connectivity index (χ4v) is 1.57. The van der Waals surface area contributed by atoms with Gasteiger partial charge in [0.15, 0.2) is 11.6 Å². The average Bonchev–Trinajstić information content (AvgIpc) is 2.90. The third kappa shape index (κ3) is 1.80. The van der Waals surface area contributed by atoms with E-state index in [2.05, 4.69) is 25.1 Å². The summed E-state index contributed by atoms with van der Waals surface area (Å²) in [5.41, 5.74) is 0.590. The molecule has 0 bridgehead atoms. The van der Waals surface area contributed by atoms with Crippen LogP contribution in [0, 0.1) is 0 Å². The Morgan fingerprint density at radius 2 is 1.72 bits per heavy atom. The summed E-state index contributed by atoms with van der Waals surface area (Å²) in [6.07, 6.45) is 3.25. The molecule has 0 amide bonds. The third-order valence-corrected chi connectivity index (χ3v) is 2.41. The summed E-state index contributed by atoms with van der Waals surface area (Å²) in [4.78, 5) is 12.4. The highest BCUT2D eigenvalue weighted by Gasteiger charge is 2.11. The summed E-state index contributed by atoms with van der Waals surface area (Å²) < 4.78 is 0. The summed E-state index contributed by atoms with van der Waals surface area (Å²) in [6.45, 7) is 0. The molecular formula is C12H9N5O. The van der Waals surface area contributed by atoms with Crippen molar-refractivity contribution in [3.8, 4) is 28.8 Å². The summed E-state index contributed by atoms with van der Waals surface area (Å²) in [5, 5.41) is 16.5. The van der Waals surface area contributed by atoms with E-state index in [0.29, 0.717) is 23.0 Å². The molecular weight excluding hydrogens is 230 g/mol. The van der Waals surface area contributed by atoms with Crippen molar-refractivity contribution in [3.63, 3.8) is 0 Å². The number of aromatic amines is 1. The number of rotatable bonds is 2. The Kier molecular flexibility index (Phi) is 2.45. The predicted molar refractivity (Wildman–Crippen MR) is 64.5 cm³/mol. The Morgan fingerprint density at radius 1 is 0.944 bits per heavy atom. The molecule has 0 aliphatic heterocycles. The first-order chi connectivity index (χ1) is 8.84. The summed E-state index contributed by atoms with van der Waals surface area (Å²) in [5.74, 6) is 1.47. The lowest BCUT2D eigenvalue weighted by molar-refractivity contribution is 0.477. The second kappa shape index (κ2) is 4.25. The van der Waals surface area contributed by atoms with Crippen molar-refractivity contribution in [1.29, 1.82) is 0 Å². The van der Waals surface area contributed by atoms with Gasteiger partial charge in [-0.05, 0) is 18.2 Å². The zero-order valence-corrected chi connectivity index (χ0v) is 9.28. The molecule has 18 heavy (non-hydrogen) atoms. The van der Waals surface area contributed by atoms with Crippen LogP contribution in [0.15, 0.2) is 42.7 Å². The summed E-state index contributed by atoms with van der Waals surface area (Å²) in [6, 6.07) is 8.63. The van der Waals surface area contributed by atoms with Crippen molar-refractivity contribution >= 4 is 0 Å². The Bertz CT molecular complexity index is 665. The molecule has 2 aromatic heterocycles. The van der Waals surface area contributed by atoms with Gasteiger partial charge in [-0.3, -0.25) is 5.10 Å². The highest BCUT2D eigenvalue weighted by molar-refractivity contribution is 5.64. The molecule has 88 valence electrons. The molecule has 0 radical (unpaired) electrons. The molecule has 3 rings (SSSR count). The molecule has 6 heteroatoms. The number of nitrogens with one attached hydrogen (secondary N) is 1. The van der Waals surface area contributed by atoms with Gasteiger partial charge < -0.3 is 5.11 Å². The number of hydrogen-bond donors (Lipinski definition) is 2. The lowest BCUT2D eigenvalue weighted by Gasteiger charge is -1.98. The predicted octanol–water partition coefficient (Wildman–Crippen LogP) is 1.63. The van der Waals surface area contributed by atoms with E-state index in [4.69, 9.17) is 0 Å². The van der Waals surface area contributed by atoms with Crippen molar-refractivity contribution in [2.24, 2.45) is 0 Å². The number of benzene rings is 1. The van der Waals surface area contributed by atoms with Gasteiger partial charge in [0.2, 0.25) is 5.82 Å². The van der Waals surface area contributed by atoms with E-state index < -0.39 is 0 Å². The van der Waals surface area contributed by atoms with Crippen molar-refractivity contribution in [3.05, 3.63) is 42.7 Å². The van der Waals surface area contributed by atoms with Crippen LogP contribution in [0.25, 0.3) is 23.0 Å². The van der Waals surface area contributed by atoms with Gasteiger partial charge in [0.05, 0.1) is 5.56 Å². The molecule has 0 saturated heterocycles. The van der Waals surface area contributed by atoms with Gasteiger partial charge in [-0.15, -0.1) is 5.10 Å². The lowest BCUT2D eigenvalue weighted by Crippen LogP contribution is -1.88. The standard InChI is InChI=1S/C12H9N5O/c18-9-5-2-1-4-8(9)10-15-12(17-16-10)11-13-6-3-7-14-11/h1-7,18H,(H,15,16,17). The monoisotopic (exact) mass is 239 g/mol. The van der Waals surface area contributed by atoms with E-state index in [9.17, 15) is 5.11 Å². The molecule has 2 heterocycles. The van der Waals surface area contributed by atoms with Crippen molar-refractivity contribution in [2.75, 3.05) is 0 Å².